The van der Waals surface area contributed by atoms with Crippen LogP contribution in [0, 0.1) is 20.8 Å². The summed E-state index contributed by atoms with van der Waals surface area (Å²) in [6, 6.07) is 10.1. The lowest BCUT2D eigenvalue weighted by molar-refractivity contribution is -0.118. The van der Waals surface area contributed by atoms with Gasteiger partial charge < -0.3 is 5.11 Å². The Hall–Kier alpha value is -4.48. The molecule has 5 aromatic rings. The van der Waals surface area contributed by atoms with Crippen molar-refractivity contribution in [2.24, 2.45) is 9.98 Å². The molecule has 0 unspecified atom stereocenters. The summed E-state index contributed by atoms with van der Waals surface area (Å²) in [6.45, 7) is 6.03. The molecule has 1 aliphatic rings. The molecule has 200 valence electrons. The summed E-state index contributed by atoms with van der Waals surface area (Å²) in [5.41, 5.74) is 4.05. The third kappa shape index (κ3) is 4.42. The average Bonchev–Trinajstić information content (AvgIpc) is 3.42. The van der Waals surface area contributed by atoms with Gasteiger partial charge in [-0.15, -0.1) is 21.5 Å². The summed E-state index contributed by atoms with van der Waals surface area (Å²) >= 11 is 7.81. The molecule has 12 heteroatoms. The van der Waals surface area contributed by atoms with Crippen LogP contribution >= 0.6 is 22.9 Å². The standard InChI is InChI=1S/C28H22ClN7O3S/c1-14-15(2)40-28-24(14)25(18-4-6-19(29)7-5-18)32-20(26-34-33-16(3)36(26)28)11-23(38)31-12-17-8-9-35-22(10-17)30-13-21(37)27(35)39/h4-10,12-13,20,37H,11H2,1-3H3/b31-12+/t20-/m0/s1. The lowest BCUT2D eigenvalue weighted by Gasteiger charge is -2.11. The maximum atomic E-state index is 13.2. The number of nitrogens with zero attached hydrogens (tertiary/aromatic N) is 7. The second-order valence-corrected chi connectivity index (χ2v) is 11.0. The number of fused-ring (bicyclic) bond motifs is 4. The molecule has 1 atom stereocenters. The van der Waals surface area contributed by atoms with Gasteiger partial charge >= 0.3 is 0 Å². The third-order valence-corrected chi connectivity index (χ3v) is 8.24. The molecule has 0 aliphatic carbocycles. The number of hydrogen-bond acceptors (Lipinski definition) is 8. The highest BCUT2D eigenvalue weighted by atomic mass is 35.5. The fraction of sp³-hybridized carbons (Fsp3) is 0.179. The molecule has 0 bridgehead atoms. The van der Waals surface area contributed by atoms with E-state index in [-0.39, 0.29) is 6.42 Å². The number of aromatic hydroxyl groups is 1. The SMILES string of the molecule is Cc1sc2c(c1C)C(c1ccc(Cl)cc1)=N[C@@H](CC(=O)/N=C/c1ccn3c(=O)c(O)cnc3c1)c1nnc(C)n1-2. The Morgan fingerprint density at radius 3 is 2.73 bits per heavy atom. The van der Waals surface area contributed by atoms with Crippen molar-refractivity contribution < 1.29 is 9.90 Å². The molecule has 1 aliphatic heterocycles. The first-order chi connectivity index (χ1) is 19.2. The van der Waals surface area contributed by atoms with E-state index >= 15 is 0 Å². The number of rotatable bonds is 4. The normalized spacial score (nSPS) is 14.7. The Morgan fingerprint density at radius 1 is 1.18 bits per heavy atom. The highest BCUT2D eigenvalue weighted by molar-refractivity contribution is 7.15. The average molecular weight is 572 g/mol. The van der Waals surface area contributed by atoms with Crippen LogP contribution in [0.15, 0.2) is 63.6 Å². The minimum atomic E-state index is -0.629. The van der Waals surface area contributed by atoms with Crippen LogP contribution in [0.4, 0.5) is 0 Å². The Bertz CT molecular complexity index is 1940. The summed E-state index contributed by atoms with van der Waals surface area (Å²) in [4.78, 5) is 39.7. The van der Waals surface area contributed by atoms with Crippen LogP contribution in [0.3, 0.4) is 0 Å². The van der Waals surface area contributed by atoms with E-state index in [0.717, 1.165) is 38.5 Å². The van der Waals surface area contributed by atoms with Gasteiger partial charge in [0.15, 0.2) is 5.82 Å². The van der Waals surface area contributed by atoms with Gasteiger partial charge in [-0.1, -0.05) is 23.7 Å². The lowest BCUT2D eigenvalue weighted by atomic mass is 9.99. The van der Waals surface area contributed by atoms with Gasteiger partial charge in [0.05, 0.1) is 18.3 Å². The monoisotopic (exact) mass is 571 g/mol. The van der Waals surface area contributed by atoms with Gasteiger partial charge in [0.2, 0.25) is 11.7 Å². The Labute approximate surface area is 237 Å². The van der Waals surface area contributed by atoms with Crippen LogP contribution in [0.2, 0.25) is 5.02 Å². The number of halogens is 1. The van der Waals surface area contributed by atoms with Gasteiger partial charge in [0.25, 0.3) is 5.56 Å². The van der Waals surface area contributed by atoms with Crippen molar-refractivity contribution in [1.82, 2.24) is 24.1 Å². The smallest absolute Gasteiger partial charge is 0.300 e. The van der Waals surface area contributed by atoms with Crippen molar-refractivity contribution >= 4 is 46.4 Å². The number of thiophene rings is 1. The van der Waals surface area contributed by atoms with Crippen LogP contribution in [0.5, 0.6) is 5.75 Å². The molecule has 6 rings (SSSR count). The molecule has 1 N–H and O–H groups in total. The van der Waals surface area contributed by atoms with Crippen molar-refractivity contribution in [3.05, 3.63) is 103 Å². The Morgan fingerprint density at radius 2 is 1.95 bits per heavy atom. The topological polar surface area (TPSA) is 127 Å². The third-order valence-electron chi connectivity index (χ3n) is 6.80. The van der Waals surface area contributed by atoms with Crippen LogP contribution in [-0.4, -0.2) is 47.1 Å². The highest BCUT2D eigenvalue weighted by Gasteiger charge is 2.32. The molecule has 10 nitrogen and oxygen atoms in total. The van der Waals surface area contributed by atoms with Crippen molar-refractivity contribution in [1.29, 1.82) is 0 Å². The minimum absolute atomic E-state index is 0.0299. The fourth-order valence-corrected chi connectivity index (χ4v) is 6.00. The second-order valence-electron chi connectivity index (χ2n) is 9.40. The highest BCUT2D eigenvalue weighted by Crippen LogP contribution is 2.39. The van der Waals surface area contributed by atoms with E-state index < -0.39 is 23.3 Å². The number of carbonyl (C=O) groups excluding carboxylic acids is 1. The summed E-state index contributed by atoms with van der Waals surface area (Å²) in [5, 5.41) is 19.9. The maximum absolute atomic E-state index is 13.2. The summed E-state index contributed by atoms with van der Waals surface area (Å²) < 4.78 is 3.20. The quantitative estimate of drug-likeness (QED) is 0.315. The predicted molar refractivity (Wildman–Crippen MR) is 154 cm³/mol. The largest absolute Gasteiger partial charge is 0.502 e. The predicted octanol–water partition coefficient (Wildman–Crippen LogP) is 4.55. The first-order valence-electron chi connectivity index (χ1n) is 12.3. The summed E-state index contributed by atoms with van der Waals surface area (Å²) in [7, 11) is 0. The molecule has 0 radical (unpaired) electrons. The zero-order valence-electron chi connectivity index (χ0n) is 21.7. The first-order valence-corrected chi connectivity index (χ1v) is 13.5. The van der Waals surface area contributed by atoms with Crippen molar-refractivity contribution in [2.45, 2.75) is 33.2 Å². The molecule has 5 heterocycles. The molecule has 0 spiro atoms. The number of aromatic nitrogens is 5. The van der Waals surface area contributed by atoms with E-state index in [0.29, 0.717) is 27.9 Å². The molecule has 40 heavy (non-hydrogen) atoms. The van der Waals surface area contributed by atoms with E-state index in [4.69, 9.17) is 16.6 Å². The number of hydrogen-bond donors (Lipinski definition) is 1. The van der Waals surface area contributed by atoms with E-state index in [1.807, 2.05) is 35.8 Å². The zero-order chi connectivity index (χ0) is 28.1. The number of benzene rings is 1. The molecule has 0 saturated carbocycles. The molecule has 4 aromatic heterocycles. The van der Waals surface area contributed by atoms with Crippen LogP contribution in [0.25, 0.3) is 10.6 Å². The van der Waals surface area contributed by atoms with Gasteiger partial charge in [0, 0.05) is 33.4 Å². The van der Waals surface area contributed by atoms with Gasteiger partial charge in [0.1, 0.15) is 22.5 Å². The number of pyridine rings is 1. The van der Waals surface area contributed by atoms with E-state index in [2.05, 4.69) is 34.0 Å². The second kappa shape index (κ2) is 9.92. The molecular weight excluding hydrogens is 550 g/mol. The van der Waals surface area contributed by atoms with Gasteiger partial charge in [-0.05, 0) is 56.2 Å². The lowest BCUT2D eigenvalue weighted by Crippen LogP contribution is -2.13. The summed E-state index contributed by atoms with van der Waals surface area (Å²) in [5.74, 6) is 0.432. The van der Waals surface area contributed by atoms with Gasteiger partial charge in [-0.25, -0.2) is 9.98 Å². The first kappa shape index (κ1) is 25.8. The number of carbonyl (C=O) groups is 1. The fourth-order valence-electron chi connectivity index (χ4n) is 4.66. The molecule has 0 fully saturated rings. The molecule has 1 aromatic carbocycles. The minimum Gasteiger partial charge on any atom is -0.502 e. The van der Waals surface area contributed by atoms with Crippen LogP contribution in [0.1, 0.15) is 51.2 Å². The van der Waals surface area contributed by atoms with Crippen LogP contribution in [-0.2, 0) is 4.79 Å². The van der Waals surface area contributed by atoms with Crippen LogP contribution < -0.4 is 5.56 Å². The van der Waals surface area contributed by atoms with Crippen molar-refractivity contribution in [2.75, 3.05) is 0 Å². The number of aliphatic imine (C=N–C) groups is 2. The molecular formula is C28H22ClN7O3S. The van der Waals surface area contributed by atoms with Gasteiger partial charge in [-0.3, -0.25) is 23.5 Å². The van der Waals surface area contributed by atoms with E-state index in [1.54, 1.807) is 23.5 Å². The van der Waals surface area contributed by atoms with Crippen molar-refractivity contribution in [3.63, 3.8) is 0 Å². The van der Waals surface area contributed by atoms with Crippen molar-refractivity contribution in [3.8, 4) is 10.8 Å². The Kier molecular flexibility index (Phi) is 6.40. The Balaban J connectivity index is 1.38. The number of amides is 1. The van der Waals surface area contributed by atoms with E-state index in [1.165, 1.54) is 16.8 Å². The summed E-state index contributed by atoms with van der Waals surface area (Å²) in [6.07, 6.45) is 3.95. The maximum Gasteiger partial charge on any atom is 0.300 e. The molecule has 1 amide bonds. The number of aryl methyl sites for hydroxylation is 2. The van der Waals surface area contributed by atoms with E-state index in [9.17, 15) is 14.7 Å². The molecule has 0 saturated heterocycles. The van der Waals surface area contributed by atoms with Gasteiger partial charge in [-0.2, -0.15) is 0 Å². The zero-order valence-corrected chi connectivity index (χ0v) is 23.2.